The number of anilines is 1. The number of nitrogens with one attached hydrogen (secondary N) is 1. The lowest BCUT2D eigenvalue weighted by atomic mass is 9.96. The van der Waals surface area contributed by atoms with Crippen molar-refractivity contribution < 1.29 is 4.74 Å². The van der Waals surface area contributed by atoms with Crippen molar-refractivity contribution in [1.29, 1.82) is 0 Å². The van der Waals surface area contributed by atoms with E-state index in [1.165, 1.54) is 24.1 Å². The van der Waals surface area contributed by atoms with E-state index in [1.54, 1.807) is 11.3 Å². The molecular formula is C10H16N2OS. The van der Waals surface area contributed by atoms with Crippen molar-refractivity contribution in [3.05, 3.63) is 11.1 Å². The van der Waals surface area contributed by atoms with Gasteiger partial charge in [0.05, 0.1) is 17.6 Å². The highest BCUT2D eigenvalue weighted by atomic mass is 32.1. The highest BCUT2D eigenvalue weighted by Crippen LogP contribution is 2.25. The standard InChI is InChI=1S/C10H16N2OS/c1-2-11-10-12-6-9(14-10)7-13-8-4-3-5-8/h6,8H,2-5,7H2,1H3,(H,11,12). The molecule has 0 bridgehead atoms. The van der Waals surface area contributed by atoms with Crippen LogP contribution in [0.3, 0.4) is 0 Å². The number of hydrogen-bond donors (Lipinski definition) is 1. The van der Waals surface area contributed by atoms with Gasteiger partial charge in [-0.3, -0.25) is 0 Å². The molecule has 1 aliphatic carbocycles. The summed E-state index contributed by atoms with van der Waals surface area (Å²) in [5, 5.41) is 4.20. The Kier molecular flexibility index (Phi) is 3.37. The minimum atomic E-state index is 0.514. The molecular weight excluding hydrogens is 196 g/mol. The van der Waals surface area contributed by atoms with Gasteiger partial charge >= 0.3 is 0 Å². The van der Waals surface area contributed by atoms with Gasteiger partial charge in [0.25, 0.3) is 0 Å². The lowest BCUT2D eigenvalue weighted by molar-refractivity contribution is -0.00750. The summed E-state index contributed by atoms with van der Waals surface area (Å²) in [4.78, 5) is 5.47. The van der Waals surface area contributed by atoms with Crippen LogP contribution in [-0.4, -0.2) is 17.6 Å². The molecule has 1 heterocycles. The van der Waals surface area contributed by atoms with E-state index < -0.39 is 0 Å². The number of ether oxygens (including phenoxy) is 1. The predicted octanol–water partition coefficient (Wildman–Crippen LogP) is 2.64. The van der Waals surface area contributed by atoms with Crippen LogP contribution in [0.5, 0.6) is 0 Å². The Morgan fingerprint density at radius 3 is 3.14 bits per heavy atom. The normalized spacial score (nSPS) is 16.6. The van der Waals surface area contributed by atoms with Gasteiger partial charge < -0.3 is 10.1 Å². The van der Waals surface area contributed by atoms with Gasteiger partial charge in [-0.2, -0.15) is 0 Å². The minimum Gasteiger partial charge on any atom is -0.373 e. The van der Waals surface area contributed by atoms with Gasteiger partial charge in [-0.05, 0) is 26.2 Å². The molecule has 0 aromatic carbocycles. The summed E-state index contributed by atoms with van der Waals surface area (Å²) in [5.41, 5.74) is 0. The predicted molar refractivity (Wildman–Crippen MR) is 58.7 cm³/mol. The summed E-state index contributed by atoms with van der Waals surface area (Å²) in [5.74, 6) is 0. The SMILES string of the molecule is CCNc1ncc(COC2CCC2)s1. The van der Waals surface area contributed by atoms with Crippen LogP contribution in [0.4, 0.5) is 5.13 Å². The fourth-order valence-corrected chi connectivity index (χ4v) is 2.15. The molecule has 0 spiro atoms. The fourth-order valence-electron chi connectivity index (χ4n) is 1.34. The van der Waals surface area contributed by atoms with E-state index in [1.807, 2.05) is 6.20 Å². The molecule has 4 heteroatoms. The summed E-state index contributed by atoms with van der Waals surface area (Å²) >= 11 is 1.69. The molecule has 1 aliphatic rings. The zero-order chi connectivity index (χ0) is 9.80. The molecule has 0 amide bonds. The largest absolute Gasteiger partial charge is 0.373 e. The fraction of sp³-hybridized carbons (Fsp3) is 0.700. The van der Waals surface area contributed by atoms with Gasteiger partial charge in [-0.15, -0.1) is 0 Å². The third-order valence-corrected chi connectivity index (χ3v) is 3.32. The summed E-state index contributed by atoms with van der Waals surface area (Å²) in [7, 11) is 0. The highest BCUT2D eigenvalue weighted by Gasteiger charge is 2.17. The van der Waals surface area contributed by atoms with Crippen LogP contribution in [0.2, 0.25) is 0 Å². The zero-order valence-corrected chi connectivity index (χ0v) is 9.27. The second-order valence-corrected chi connectivity index (χ2v) is 4.64. The summed E-state index contributed by atoms with van der Waals surface area (Å²) < 4.78 is 5.70. The van der Waals surface area contributed by atoms with Gasteiger partial charge in [0.15, 0.2) is 5.13 Å². The van der Waals surface area contributed by atoms with Crippen molar-refractivity contribution >= 4 is 16.5 Å². The number of hydrogen-bond acceptors (Lipinski definition) is 4. The van der Waals surface area contributed by atoms with E-state index in [0.717, 1.165) is 18.3 Å². The van der Waals surface area contributed by atoms with E-state index in [2.05, 4.69) is 17.2 Å². The Hall–Kier alpha value is -0.610. The topological polar surface area (TPSA) is 34.2 Å². The summed E-state index contributed by atoms with van der Waals surface area (Å²) in [6.45, 7) is 3.73. The van der Waals surface area contributed by atoms with Gasteiger partial charge in [-0.25, -0.2) is 4.98 Å². The van der Waals surface area contributed by atoms with E-state index in [-0.39, 0.29) is 0 Å². The molecule has 2 rings (SSSR count). The van der Waals surface area contributed by atoms with E-state index >= 15 is 0 Å². The Morgan fingerprint density at radius 1 is 1.64 bits per heavy atom. The second-order valence-electron chi connectivity index (χ2n) is 3.53. The van der Waals surface area contributed by atoms with Crippen molar-refractivity contribution in [2.45, 2.75) is 38.9 Å². The van der Waals surface area contributed by atoms with Crippen LogP contribution in [0.1, 0.15) is 31.1 Å². The molecule has 14 heavy (non-hydrogen) atoms. The van der Waals surface area contributed by atoms with Gasteiger partial charge in [0, 0.05) is 12.7 Å². The van der Waals surface area contributed by atoms with Crippen molar-refractivity contribution in [3.63, 3.8) is 0 Å². The molecule has 0 radical (unpaired) electrons. The zero-order valence-electron chi connectivity index (χ0n) is 8.45. The Labute approximate surface area is 88.5 Å². The molecule has 1 N–H and O–H groups in total. The molecule has 1 fully saturated rings. The second kappa shape index (κ2) is 4.75. The Bertz CT molecular complexity index is 283. The van der Waals surface area contributed by atoms with Crippen LogP contribution in [0.25, 0.3) is 0 Å². The van der Waals surface area contributed by atoms with Crippen molar-refractivity contribution in [2.75, 3.05) is 11.9 Å². The molecule has 0 aliphatic heterocycles. The Balaban J connectivity index is 1.77. The van der Waals surface area contributed by atoms with Crippen LogP contribution >= 0.6 is 11.3 Å². The lowest BCUT2D eigenvalue weighted by Crippen LogP contribution is -2.20. The smallest absolute Gasteiger partial charge is 0.182 e. The molecule has 0 atom stereocenters. The first-order valence-corrected chi connectivity index (χ1v) is 6.00. The van der Waals surface area contributed by atoms with Crippen molar-refractivity contribution in [2.24, 2.45) is 0 Å². The van der Waals surface area contributed by atoms with Gasteiger partial charge in [-0.1, -0.05) is 11.3 Å². The third-order valence-electron chi connectivity index (χ3n) is 2.40. The molecule has 3 nitrogen and oxygen atoms in total. The molecule has 78 valence electrons. The molecule has 1 aromatic heterocycles. The first kappa shape index (κ1) is 9.93. The van der Waals surface area contributed by atoms with Crippen molar-refractivity contribution in [1.82, 2.24) is 4.98 Å². The third kappa shape index (κ3) is 2.45. The van der Waals surface area contributed by atoms with E-state index in [4.69, 9.17) is 4.74 Å². The maximum Gasteiger partial charge on any atom is 0.182 e. The molecule has 0 unspecified atom stereocenters. The lowest BCUT2D eigenvalue weighted by Gasteiger charge is -2.24. The first-order chi connectivity index (χ1) is 6.88. The first-order valence-electron chi connectivity index (χ1n) is 5.18. The van der Waals surface area contributed by atoms with Gasteiger partial charge in [0.1, 0.15) is 0 Å². The van der Waals surface area contributed by atoms with Crippen LogP contribution in [0.15, 0.2) is 6.20 Å². The Morgan fingerprint density at radius 2 is 2.50 bits per heavy atom. The van der Waals surface area contributed by atoms with E-state index in [9.17, 15) is 0 Å². The average Bonchev–Trinajstić information content (AvgIpc) is 2.51. The number of aromatic nitrogens is 1. The van der Waals surface area contributed by atoms with E-state index in [0.29, 0.717) is 6.10 Å². The minimum absolute atomic E-state index is 0.514. The summed E-state index contributed by atoms with van der Waals surface area (Å²) in [6.07, 6.45) is 6.22. The molecule has 0 saturated heterocycles. The maximum absolute atomic E-state index is 5.70. The molecule has 1 aromatic rings. The van der Waals surface area contributed by atoms with Crippen molar-refractivity contribution in [3.8, 4) is 0 Å². The van der Waals surface area contributed by atoms with Gasteiger partial charge in [0.2, 0.25) is 0 Å². The molecule has 1 saturated carbocycles. The van der Waals surface area contributed by atoms with Crippen LogP contribution < -0.4 is 5.32 Å². The number of thiazole rings is 1. The number of rotatable bonds is 5. The van der Waals surface area contributed by atoms with Crippen LogP contribution in [-0.2, 0) is 11.3 Å². The summed E-state index contributed by atoms with van der Waals surface area (Å²) in [6, 6.07) is 0. The van der Waals surface area contributed by atoms with Crippen LogP contribution in [0, 0.1) is 0 Å². The quantitative estimate of drug-likeness (QED) is 0.814. The highest BCUT2D eigenvalue weighted by molar-refractivity contribution is 7.15. The number of nitrogens with zero attached hydrogens (tertiary/aromatic N) is 1. The maximum atomic E-state index is 5.70. The monoisotopic (exact) mass is 212 g/mol. The average molecular weight is 212 g/mol.